The first-order valence-corrected chi connectivity index (χ1v) is 6.30. The van der Waals surface area contributed by atoms with Crippen LogP contribution in [0.25, 0.3) is 0 Å². The molecular formula is C14H10N2O2S. The molecule has 0 aliphatic heterocycles. The van der Waals surface area contributed by atoms with Crippen LogP contribution in [0.3, 0.4) is 0 Å². The van der Waals surface area contributed by atoms with E-state index in [1.54, 1.807) is 24.4 Å². The van der Waals surface area contributed by atoms with Crippen LogP contribution in [0, 0.1) is 18.3 Å². The summed E-state index contributed by atoms with van der Waals surface area (Å²) in [5.41, 5.74) is 1.67. The van der Waals surface area contributed by atoms with Crippen LogP contribution in [0.1, 0.15) is 21.5 Å². The van der Waals surface area contributed by atoms with Crippen molar-refractivity contribution in [3.8, 4) is 6.07 Å². The van der Waals surface area contributed by atoms with Gasteiger partial charge in [-0.2, -0.15) is 5.26 Å². The van der Waals surface area contributed by atoms with Crippen LogP contribution in [0.2, 0.25) is 0 Å². The highest BCUT2D eigenvalue weighted by Crippen LogP contribution is 2.29. The highest BCUT2D eigenvalue weighted by molar-refractivity contribution is 7.99. The van der Waals surface area contributed by atoms with Crippen molar-refractivity contribution in [1.29, 1.82) is 5.26 Å². The third kappa shape index (κ3) is 2.92. The van der Waals surface area contributed by atoms with E-state index in [1.807, 2.05) is 6.92 Å². The zero-order valence-electron chi connectivity index (χ0n) is 10.1. The molecule has 1 N–H and O–H groups in total. The van der Waals surface area contributed by atoms with Crippen LogP contribution in [0.4, 0.5) is 0 Å². The highest BCUT2D eigenvalue weighted by atomic mass is 32.2. The number of benzene rings is 1. The number of carboxylic acids is 1. The largest absolute Gasteiger partial charge is 0.478 e. The quantitative estimate of drug-likeness (QED) is 0.927. The molecule has 4 nitrogen and oxygen atoms in total. The Morgan fingerprint density at radius 2 is 2.00 bits per heavy atom. The van der Waals surface area contributed by atoms with Crippen LogP contribution >= 0.6 is 11.8 Å². The summed E-state index contributed by atoms with van der Waals surface area (Å²) in [5.74, 6) is -0.956. The molecule has 19 heavy (non-hydrogen) atoms. The second-order valence-corrected chi connectivity index (χ2v) is 4.91. The number of carbonyl (C=O) groups is 1. The predicted molar refractivity (Wildman–Crippen MR) is 71.2 cm³/mol. The van der Waals surface area contributed by atoms with Crippen LogP contribution in [-0.2, 0) is 0 Å². The van der Waals surface area contributed by atoms with Crippen molar-refractivity contribution in [1.82, 2.24) is 4.98 Å². The minimum Gasteiger partial charge on any atom is -0.478 e. The summed E-state index contributed by atoms with van der Waals surface area (Å²) in [5, 5.41) is 18.6. The van der Waals surface area contributed by atoms with Gasteiger partial charge < -0.3 is 5.11 Å². The Morgan fingerprint density at radius 3 is 2.58 bits per heavy atom. The fourth-order valence-corrected chi connectivity index (χ4v) is 2.44. The molecule has 0 atom stereocenters. The maximum atomic E-state index is 10.8. The Balaban J connectivity index is 2.29. The van der Waals surface area contributed by atoms with Crippen molar-refractivity contribution in [2.75, 3.05) is 0 Å². The molecule has 0 bridgehead atoms. The second kappa shape index (κ2) is 5.55. The summed E-state index contributed by atoms with van der Waals surface area (Å²) in [6.45, 7) is 1.86. The molecule has 0 saturated carbocycles. The zero-order valence-corrected chi connectivity index (χ0v) is 10.9. The van der Waals surface area contributed by atoms with Gasteiger partial charge in [-0.25, -0.2) is 9.78 Å². The molecule has 2 aromatic rings. The summed E-state index contributed by atoms with van der Waals surface area (Å²) in [4.78, 5) is 15.8. The predicted octanol–water partition coefficient (Wildman–Crippen LogP) is 3.11. The molecule has 0 aliphatic rings. The Bertz CT molecular complexity index is 660. The van der Waals surface area contributed by atoms with Gasteiger partial charge in [-0.15, -0.1) is 0 Å². The van der Waals surface area contributed by atoms with Gasteiger partial charge in [0.2, 0.25) is 0 Å². The summed E-state index contributed by atoms with van der Waals surface area (Å²) in [6.07, 6.45) is 1.66. The second-order valence-electron chi connectivity index (χ2n) is 3.85. The average Bonchev–Trinajstić information content (AvgIpc) is 2.39. The number of pyridine rings is 1. The van der Waals surface area contributed by atoms with Crippen molar-refractivity contribution in [3.05, 3.63) is 53.2 Å². The van der Waals surface area contributed by atoms with Crippen LogP contribution < -0.4 is 0 Å². The van der Waals surface area contributed by atoms with Gasteiger partial charge in [-0.05, 0) is 42.8 Å². The molecule has 0 amide bonds. The smallest absolute Gasteiger partial charge is 0.335 e. The van der Waals surface area contributed by atoms with Gasteiger partial charge in [0.25, 0.3) is 0 Å². The van der Waals surface area contributed by atoms with E-state index < -0.39 is 5.97 Å². The van der Waals surface area contributed by atoms with E-state index in [2.05, 4.69) is 11.1 Å². The number of nitriles is 1. The van der Waals surface area contributed by atoms with Crippen LogP contribution in [-0.4, -0.2) is 16.1 Å². The number of aromatic nitrogens is 1. The van der Waals surface area contributed by atoms with Crippen LogP contribution in [0.15, 0.2) is 46.5 Å². The van der Waals surface area contributed by atoms with E-state index >= 15 is 0 Å². The molecule has 0 fully saturated rings. The number of rotatable bonds is 3. The minimum absolute atomic E-state index is 0.238. The van der Waals surface area contributed by atoms with E-state index in [4.69, 9.17) is 10.4 Å². The van der Waals surface area contributed by atoms with Gasteiger partial charge in [-0.1, -0.05) is 11.8 Å². The fraction of sp³-hybridized carbons (Fsp3) is 0.0714. The van der Waals surface area contributed by atoms with Crippen molar-refractivity contribution in [2.45, 2.75) is 16.8 Å². The van der Waals surface area contributed by atoms with Gasteiger partial charge in [0.1, 0.15) is 11.1 Å². The molecule has 94 valence electrons. The molecule has 0 unspecified atom stereocenters. The number of nitrogens with zero attached hydrogens (tertiary/aromatic N) is 2. The Kier molecular flexibility index (Phi) is 3.83. The molecule has 1 aromatic carbocycles. The normalized spacial score (nSPS) is 9.89. The lowest BCUT2D eigenvalue weighted by Crippen LogP contribution is -1.95. The summed E-state index contributed by atoms with van der Waals surface area (Å²) >= 11 is 1.35. The topological polar surface area (TPSA) is 74.0 Å². The van der Waals surface area contributed by atoms with E-state index in [-0.39, 0.29) is 5.56 Å². The van der Waals surface area contributed by atoms with Crippen LogP contribution in [0.5, 0.6) is 0 Å². The number of carboxylic acid groups (broad SMARTS) is 1. The molecule has 5 heteroatoms. The lowest BCUT2D eigenvalue weighted by atomic mass is 10.2. The first kappa shape index (κ1) is 13.1. The van der Waals surface area contributed by atoms with E-state index in [1.165, 1.54) is 23.9 Å². The first-order valence-electron chi connectivity index (χ1n) is 5.48. The third-order valence-electron chi connectivity index (χ3n) is 2.55. The van der Waals surface area contributed by atoms with Gasteiger partial charge in [0, 0.05) is 11.1 Å². The first-order chi connectivity index (χ1) is 9.11. The standard InChI is InChI=1S/C14H10N2O2S/c1-9-6-7-16-13(12(9)8-15)19-11-4-2-10(3-5-11)14(17)18/h2-7H,1H3,(H,17,18). The molecule has 0 aliphatic carbocycles. The van der Waals surface area contributed by atoms with E-state index in [0.717, 1.165) is 10.5 Å². The van der Waals surface area contributed by atoms with E-state index in [9.17, 15) is 4.79 Å². The van der Waals surface area contributed by atoms with Gasteiger partial charge in [0.15, 0.2) is 0 Å². The van der Waals surface area contributed by atoms with Gasteiger partial charge in [0.05, 0.1) is 11.1 Å². The molecule has 1 aromatic heterocycles. The average molecular weight is 270 g/mol. The summed E-state index contributed by atoms with van der Waals surface area (Å²) < 4.78 is 0. The number of hydrogen-bond acceptors (Lipinski definition) is 4. The van der Waals surface area contributed by atoms with Crippen molar-refractivity contribution < 1.29 is 9.90 Å². The maximum Gasteiger partial charge on any atom is 0.335 e. The van der Waals surface area contributed by atoms with Gasteiger partial charge in [-0.3, -0.25) is 0 Å². The lowest BCUT2D eigenvalue weighted by Gasteiger charge is -2.05. The maximum absolute atomic E-state index is 10.8. The molecule has 1 heterocycles. The van der Waals surface area contributed by atoms with Crippen molar-refractivity contribution in [2.24, 2.45) is 0 Å². The number of hydrogen-bond donors (Lipinski definition) is 1. The van der Waals surface area contributed by atoms with E-state index in [0.29, 0.717) is 10.6 Å². The summed E-state index contributed by atoms with van der Waals surface area (Å²) in [6, 6.07) is 10.4. The SMILES string of the molecule is Cc1ccnc(Sc2ccc(C(=O)O)cc2)c1C#N. The number of aromatic carboxylic acids is 1. The minimum atomic E-state index is -0.956. The molecule has 2 rings (SSSR count). The Labute approximate surface area is 114 Å². The zero-order chi connectivity index (χ0) is 13.8. The molecule has 0 spiro atoms. The van der Waals surface area contributed by atoms with Crippen molar-refractivity contribution in [3.63, 3.8) is 0 Å². The Morgan fingerprint density at radius 1 is 1.32 bits per heavy atom. The molecular weight excluding hydrogens is 260 g/mol. The monoisotopic (exact) mass is 270 g/mol. The number of aryl methyl sites for hydroxylation is 1. The lowest BCUT2D eigenvalue weighted by molar-refractivity contribution is 0.0697. The summed E-state index contributed by atoms with van der Waals surface area (Å²) in [7, 11) is 0. The highest BCUT2D eigenvalue weighted by Gasteiger charge is 2.09. The molecule has 0 saturated heterocycles. The third-order valence-corrected chi connectivity index (χ3v) is 3.56. The Hall–Kier alpha value is -2.32. The van der Waals surface area contributed by atoms with Crippen molar-refractivity contribution >= 4 is 17.7 Å². The van der Waals surface area contributed by atoms with Gasteiger partial charge >= 0.3 is 5.97 Å². The fourth-order valence-electron chi connectivity index (χ4n) is 1.52. The molecule has 0 radical (unpaired) electrons.